The fraction of sp³-hybridized carbons (Fsp3) is 0.100. The molecule has 1 aromatic rings. The predicted molar refractivity (Wildman–Crippen MR) is 49.5 cm³/mol. The maximum Gasteiger partial charge on any atom is 0.308 e. The number of esters is 1. The number of rotatable bonds is 2. The quantitative estimate of drug-likeness (QED) is 0.556. The van der Waals surface area contributed by atoms with Crippen molar-refractivity contribution in [1.82, 2.24) is 0 Å². The Kier molecular flexibility index (Phi) is 2.69. The lowest BCUT2D eigenvalue weighted by Crippen LogP contribution is -2.02. The Bertz CT molecular complexity index is 342. The molecule has 0 bridgehead atoms. The molecule has 1 N–H and O–H groups in total. The van der Waals surface area contributed by atoms with E-state index in [1.54, 1.807) is 12.1 Å². The number of hydrogen-bond donors (Lipinski definition) is 1. The number of ether oxygens (including phenoxy) is 1. The van der Waals surface area contributed by atoms with Crippen molar-refractivity contribution in [2.45, 2.75) is 6.92 Å². The summed E-state index contributed by atoms with van der Waals surface area (Å²) in [4.78, 5) is 10.7. The van der Waals surface area contributed by atoms with Gasteiger partial charge in [-0.05, 0) is 12.1 Å². The van der Waals surface area contributed by atoms with Crippen LogP contribution in [0.15, 0.2) is 24.8 Å². The van der Waals surface area contributed by atoms with E-state index in [-0.39, 0.29) is 5.75 Å². The minimum Gasteiger partial charge on any atom is -0.508 e. The van der Waals surface area contributed by atoms with Gasteiger partial charge in [0.25, 0.3) is 0 Å². The van der Waals surface area contributed by atoms with E-state index < -0.39 is 5.97 Å². The van der Waals surface area contributed by atoms with E-state index in [1.807, 2.05) is 0 Å². The van der Waals surface area contributed by atoms with Gasteiger partial charge in [0.2, 0.25) is 0 Å². The first-order chi connectivity index (χ1) is 6.13. The lowest BCUT2D eigenvalue weighted by molar-refractivity contribution is -0.131. The van der Waals surface area contributed by atoms with Crippen LogP contribution < -0.4 is 4.74 Å². The molecule has 68 valence electrons. The van der Waals surface area contributed by atoms with Crippen LogP contribution in [-0.2, 0) is 4.79 Å². The van der Waals surface area contributed by atoms with Gasteiger partial charge in [-0.2, -0.15) is 0 Å². The van der Waals surface area contributed by atoms with Crippen LogP contribution in [-0.4, -0.2) is 11.1 Å². The highest BCUT2D eigenvalue weighted by Gasteiger charge is 2.04. The molecule has 0 saturated heterocycles. The van der Waals surface area contributed by atoms with E-state index in [0.717, 1.165) is 0 Å². The van der Waals surface area contributed by atoms with Crippen LogP contribution in [0.1, 0.15) is 12.5 Å². The summed E-state index contributed by atoms with van der Waals surface area (Å²) in [6.45, 7) is 4.86. The molecule has 0 unspecified atom stereocenters. The first-order valence-electron chi connectivity index (χ1n) is 3.77. The third-order valence-corrected chi connectivity index (χ3v) is 1.47. The third kappa shape index (κ3) is 2.33. The summed E-state index contributed by atoms with van der Waals surface area (Å²) in [5.74, 6) is -0.0435. The number of phenolic OH excluding ortho intramolecular Hbond substituents is 1. The Balaban J connectivity index is 3.07. The van der Waals surface area contributed by atoms with Crippen molar-refractivity contribution in [2.24, 2.45) is 0 Å². The van der Waals surface area contributed by atoms with Crippen molar-refractivity contribution in [3.05, 3.63) is 30.3 Å². The Morgan fingerprint density at radius 2 is 2.31 bits per heavy atom. The largest absolute Gasteiger partial charge is 0.508 e. The van der Waals surface area contributed by atoms with Crippen LogP contribution in [0.5, 0.6) is 11.5 Å². The summed E-state index contributed by atoms with van der Waals surface area (Å²) in [5, 5.41) is 9.12. The number of carbonyl (C=O) groups is 1. The number of aromatic hydroxyl groups is 1. The van der Waals surface area contributed by atoms with Crippen molar-refractivity contribution in [3.8, 4) is 11.5 Å². The summed E-state index contributed by atoms with van der Waals surface area (Å²) in [5.41, 5.74) is 0.674. The Labute approximate surface area is 76.3 Å². The molecule has 0 aliphatic rings. The van der Waals surface area contributed by atoms with Gasteiger partial charge in [0.05, 0.1) is 0 Å². The average molecular weight is 178 g/mol. The van der Waals surface area contributed by atoms with Gasteiger partial charge in [-0.3, -0.25) is 4.79 Å². The fourth-order valence-electron chi connectivity index (χ4n) is 0.935. The van der Waals surface area contributed by atoms with Gasteiger partial charge in [-0.25, -0.2) is 0 Å². The zero-order valence-electron chi connectivity index (χ0n) is 7.28. The van der Waals surface area contributed by atoms with Gasteiger partial charge >= 0.3 is 5.97 Å². The molecule has 0 fully saturated rings. The Morgan fingerprint density at radius 3 is 2.85 bits per heavy atom. The summed E-state index contributed by atoms with van der Waals surface area (Å²) < 4.78 is 4.85. The minimum absolute atomic E-state index is 0.0573. The maximum absolute atomic E-state index is 10.7. The molecule has 0 aliphatic heterocycles. The molecule has 0 radical (unpaired) electrons. The van der Waals surface area contributed by atoms with Crippen LogP contribution in [0, 0.1) is 0 Å². The van der Waals surface area contributed by atoms with Crippen molar-refractivity contribution < 1.29 is 14.6 Å². The molecular formula is C10H10O3. The van der Waals surface area contributed by atoms with Crippen molar-refractivity contribution in [3.63, 3.8) is 0 Å². The maximum atomic E-state index is 10.7. The lowest BCUT2D eigenvalue weighted by atomic mass is 10.2. The Morgan fingerprint density at radius 1 is 1.62 bits per heavy atom. The first kappa shape index (κ1) is 9.32. The summed E-state index contributed by atoms with van der Waals surface area (Å²) in [7, 11) is 0. The van der Waals surface area contributed by atoms with Crippen molar-refractivity contribution in [2.75, 3.05) is 0 Å². The van der Waals surface area contributed by atoms with Gasteiger partial charge in [0, 0.05) is 18.6 Å². The molecule has 3 nitrogen and oxygen atoms in total. The van der Waals surface area contributed by atoms with Gasteiger partial charge in [-0.15, -0.1) is 0 Å². The highest BCUT2D eigenvalue weighted by atomic mass is 16.5. The second-order valence-electron chi connectivity index (χ2n) is 2.52. The fourth-order valence-corrected chi connectivity index (χ4v) is 0.935. The van der Waals surface area contributed by atoms with Crippen molar-refractivity contribution in [1.29, 1.82) is 0 Å². The molecule has 0 aliphatic carbocycles. The highest BCUT2D eigenvalue weighted by molar-refractivity contribution is 5.72. The smallest absolute Gasteiger partial charge is 0.308 e. The van der Waals surface area contributed by atoms with Crippen LogP contribution in [0.25, 0.3) is 6.08 Å². The van der Waals surface area contributed by atoms with Crippen molar-refractivity contribution >= 4 is 12.0 Å². The normalized spacial score (nSPS) is 9.31. The van der Waals surface area contributed by atoms with E-state index in [9.17, 15) is 4.79 Å². The molecule has 0 saturated carbocycles. The van der Waals surface area contributed by atoms with E-state index in [0.29, 0.717) is 11.3 Å². The standard InChI is InChI=1S/C10H10O3/c1-3-8-4-5-9(12)6-10(8)13-7(2)11/h3-6,12H,1H2,2H3. The zero-order valence-corrected chi connectivity index (χ0v) is 7.28. The SMILES string of the molecule is C=Cc1ccc(O)cc1OC(C)=O. The molecular weight excluding hydrogens is 168 g/mol. The number of phenols is 1. The van der Waals surface area contributed by atoms with E-state index in [1.165, 1.54) is 19.1 Å². The molecule has 13 heavy (non-hydrogen) atoms. The van der Waals surface area contributed by atoms with Crippen LogP contribution in [0.4, 0.5) is 0 Å². The highest BCUT2D eigenvalue weighted by Crippen LogP contribution is 2.24. The van der Waals surface area contributed by atoms with E-state index >= 15 is 0 Å². The third-order valence-electron chi connectivity index (χ3n) is 1.47. The molecule has 0 aromatic heterocycles. The monoisotopic (exact) mass is 178 g/mol. The van der Waals surface area contributed by atoms with Crippen LogP contribution in [0.2, 0.25) is 0 Å². The molecule has 0 spiro atoms. The first-order valence-corrected chi connectivity index (χ1v) is 3.77. The molecule has 0 amide bonds. The number of benzene rings is 1. The van der Waals surface area contributed by atoms with Gasteiger partial charge in [0.15, 0.2) is 0 Å². The summed E-state index contributed by atoms with van der Waals surface area (Å²) in [6, 6.07) is 4.50. The number of carbonyl (C=O) groups excluding carboxylic acids is 1. The summed E-state index contributed by atoms with van der Waals surface area (Å²) >= 11 is 0. The second-order valence-corrected chi connectivity index (χ2v) is 2.52. The van der Waals surface area contributed by atoms with Crippen LogP contribution >= 0.6 is 0 Å². The minimum atomic E-state index is -0.422. The molecule has 1 rings (SSSR count). The zero-order chi connectivity index (χ0) is 9.84. The molecule has 1 aromatic carbocycles. The Hall–Kier alpha value is -1.77. The van der Waals surface area contributed by atoms with Crippen LogP contribution in [0.3, 0.4) is 0 Å². The lowest BCUT2D eigenvalue weighted by Gasteiger charge is -2.05. The molecule has 0 heterocycles. The molecule has 3 heteroatoms. The average Bonchev–Trinajstić information content (AvgIpc) is 2.03. The topological polar surface area (TPSA) is 46.5 Å². The van der Waals surface area contributed by atoms with Gasteiger partial charge < -0.3 is 9.84 Å². The van der Waals surface area contributed by atoms with Gasteiger partial charge in [0.1, 0.15) is 11.5 Å². The number of hydrogen-bond acceptors (Lipinski definition) is 3. The van der Waals surface area contributed by atoms with Gasteiger partial charge in [-0.1, -0.05) is 12.7 Å². The second kappa shape index (κ2) is 3.76. The molecule has 0 atom stereocenters. The summed E-state index contributed by atoms with van der Waals surface area (Å²) in [6.07, 6.45) is 1.55. The predicted octanol–water partition coefficient (Wildman–Crippen LogP) is 1.96. The van der Waals surface area contributed by atoms with E-state index in [2.05, 4.69) is 6.58 Å². The van der Waals surface area contributed by atoms with E-state index in [4.69, 9.17) is 9.84 Å².